The third kappa shape index (κ3) is 2.52. The van der Waals surface area contributed by atoms with Gasteiger partial charge in [0.1, 0.15) is 11.4 Å². The molecule has 1 spiro atoms. The van der Waals surface area contributed by atoms with Crippen molar-refractivity contribution in [3.8, 4) is 28.1 Å². The number of phenols is 1. The van der Waals surface area contributed by atoms with Gasteiger partial charge in [0.05, 0.1) is 12.4 Å². The summed E-state index contributed by atoms with van der Waals surface area (Å²) >= 11 is 0. The van der Waals surface area contributed by atoms with Crippen LogP contribution in [-0.4, -0.2) is 43.6 Å². The molecule has 1 saturated heterocycles. The van der Waals surface area contributed by atoms with Crippen LogP contribution in [0.1, 0.15) is 19.3 Å². The Morgan fingerprint density at radius 1 is 1.08 bits per heavy atom. The van der Waals surface area contributed by atoms with Crippen LogP contribution in [0, 0.1) is 5.41 Å². The number of hydrogen-bond acceptors (Lipinski definition) is 6. The van der Waals surface area contributed by atoms with E-state index in [0.717, 1.165) is 24.2 Å². The van der Waals surface area contributed by atoms with Crippen molar-refractivity contribution in [2.75, 3.05) is 18.0 Å². The Kier molecular flexibility index (Phi) is 3.03. The number of aromatic nitrogens is 5. The highest BCUT2D eigenvalue weighted by Crippen LogP contribution is 2.52. The normalized spacial score (nSPS) is 18.0. The Hall–Kier alpha value is -2.96. The minimum Gasteiger partial charge on any atom is -0.507 e. The molecule has 2 N–H and O–H groups in total. The summed E-state index contributed by atoms with van der Waals surface area (Å²) in [4.78, 5) is 6.68. The average molecular weight is 334 g/mol. The molecule has 0 atom stereocenters. The summed E-state index contributed by atoms with van der Waals surface area (Å²) in [6.07, 6.45) is 9.07. The first-order valence-electron chi connectivity index (χ1n) is 8.50. The van der Waals surface area contributed by atoms with Crippen molar-refractivity contribution >= 4 is 5.95 Å². The predicted molar refractivity (Wildman–Crippen MR) is 93.0 cm³/mol. The molecule has 5 rings (SSSR count). The number of H-pyrrole nitrogens is 1. The van der Waals surface area contributed by atoms with Crippen LogP contribution in [-0.2, 0) is 0 Å². The van der Waals surface area contributed by atoms with Gasteiger partial charge >= 0.3 is 0 Å². The quantitative estimate of drug-likeness (QED) is 0.765. The van der Waals surface area contributed by atoms with E-state index in [0.29, 0.717) is 22.6 Å². The van der Waals surface area contributed by atoms with Crippen molar-refractivity contribution in [2.45, 2.75) is 19.3 Å². The molecule has 3 aromatic rings. The molecule has 7 nitrogen and oxygen atoms in total. The lowest BCUT2D eigenvalue weighted by molar-refractivity contribution is 0.477. The van der Waals surface area contributed by atoms with E-state index in [2.05, 4.69) is 30.3 Å². The average Bonchev–Trinajstić information content (AvgIpc) is 3.02. The molecule has 0 unspecified atom stereocenters. The van der Waals surface area contributed by atoms with Crippen LogP contribution in [0.2, 0.25) is 0 Å². The summed E-state index contributed by atoms with van der Waals surface area (Å²) in [7, 11) is 0. The van der Waals surface area contributed by atoms with Gasteiger partial charge in [0.2, 0.25) is 5.95 Å². The van der Waals surface area contributed by atoms with Gasteiger partial charge in [-0.2, -0.15) is 5.10 Å². The molecule has 1 aliphatic carbocycles. The highest BCUT2D eigenvalue weighted by atomic mass is 16.3. The van der Waals surface area contributed by atoms with Crippen molar-refractivity contribution < 1.29 is 5.11 Å². The minimum absolute atomic E-state index is 0.153. The van der Waals surface area contributed by atoms with Gasteiger partial charge in [0.15, 0.2) is 0 Å². The lowest BCUT2D eigenvalue weighted by atomic mass is 10.0. The van der Waals surface area contributed by atoms with Crippen LogP contribution in [0.3, 0.4) is 0 Å². The van der Waals surface area contributed by atoms with E-state index in [1.54, 1.807) is 24.7 Å². The molecular formula is C18H18N6O. The number of hydrogen-bond donors (Lipinski definition) is 2. The zero-order chi connectivity index (χ0) is 16.9. The van der Waals surface area contributed by atoms with E-state index in [9.17, 15) is 5.11 Å². The largest absolute Gasteiger partial charge is 0.507 e. The summed E-state index contributed by atoms with van der Waals surface area (Å²) in [5.41, 5.74) is 3.53. The molecule has 1 saturated carbocycles. The predicted octanol–water partition coefficient (Wildman–Crippen LogP) is 2.62. The molecule has 1 aliphatic heterocycles. The SMILES string of the molecule is Oc1cc(-c2cn[nH]c2)ccc1-c1cnc(N2CCC3(CC3)C2)nn1. The molecule has 0 radical (unpaired) electrons. The minimum atomic E-state index is 0.153. The van der Waals surface area contributed by atoms with Crippen LogP contribution in [0.15, 0.2) is 36.8 Å². The van der Waals surface area contributed by atoms with Gasteiger partial charge < -0.3 is 10.0 Å². The second-order valence-corrected chi connectivity index (χ2v) is 7.03. The van der Waals surface area contributed by atoms with Gasteiger partial charge in [-0.3, -0.25) is 5.10 Å². The number of nitrogens with zero attached hydrogens (tertiary/aromatic N) is 5. The van der Waals surface area contributed by atoms with E-state index in [-0.39, 0.29) is 5.75 Å². The molecule has 3 heterocycles. The van der Waals surface area contributed by atoms with Gasteiger partial charge in [-0.1, -0.05) is 6.07 Å². The summed E-state index contributed by atoms with van der Waals surface area (Å²) in [6, 6.07) is 5.46. The first-order chi connectivity index (χ1) is 12.2. The highest BCUT2D eigenvalue weighted by molar-refractivity contribution is 5.73. The van der Waals surface area contributed by atoms with Crippen LogP contribution in [0.4, 0.5) is 5.95 Å². The van der Waals surface area contributed by atoms with Crippen LogP contribution in [0.25, 0.3) is 22.4 Å². The maximum atomic E-state index is 10.4. The zero-order valence-corrected chi connectivity index (χ0v) is 13.7. The van der Waals surface area contributed by atoms with Crippen molar-refractivity contribution in [1.29, 1.82) is 0 Å². The standard InChI is InChI=1S/C18H18N6O/c25-16-7-12(13-8-20-21-9-13)1-2-14(16)15-10-19-17(23-22-15)24-6-5-18(11-24)3-4-18/h1-2,7-10,25H,3-6,11H2,(H,20,21). The maximum absolute atomic E-state index is 10.4. The lowest BCUT2D eigenvalue weighted by Gasteiger charge is -2.15. The topological polar surface area (TPSA) is 90.8 Å². The number of rotatable bonds is 3. The first-order valence-corrected chi connectivity index (χ1v) is 8.50. The van der Waals surface area contributed by atoms with Gasteiger partial charge in [-0.05, 0) is 42.4 Å². The summed E-state index contributed by atoms with van der Waals surface area (Å²) < 4.78 is 0. The Morgan fingerprint density at radius 2 is 2.00 bits per heavy atom. The van der Waals surface area contributed by atoms with Gasteiger partial charge in [-0.15, -0.1) is 10.2 Å². The van der Waals surface area contributed by atoms with Crippen molar-refractivity contribution in [3.05, 3.63) is 36.8 Å². The van der Waals surface area contributed by atoms with E-state index >= 15 is 0 Å². The van der Waals surface area contributed by atoms with E-state index in [1.165, 1.54) is 19.3 Å². The molecule has 126 valence electrons. The van der Waals surface area contributed by atoms with Crippen molar-refractivity contribution in [2.24, 2.45) is 5.41 Å². The van der Waals surface area contributed by atoms with E-state index < -0.39 is 0 Å². The number of phenolic OH excluding ortho intramolecular Hbond substituents is 1. The van der Waals surface area contributed by atoms with Gasteiger partial charge in [-0.25, -0.2) is 4.98 Å². The molecule has 2 fully saturated rings. The van der Waals surface area contributed by atoms with Crippen LogP contribution < -0.4 is 4.90 Å². The Labute approximate surface area is 144 Å². The molecular weight excluding hydrogens is 316 g/mol. The van der Waals surface area contributed by atoms with E-state index in [1.807, 2.05) is 12.1 Å². The fourth-order valence-corrected chi connectivity index (χ4v) is 3.56. The summed E-state index contributed by atoms with van der Waals surface area (Å²) in [5.74, 6) is 0.836. The molecule has 0 amide bonds. The van der Waals surface area contributed by atoms with Crippen LogP contribution in [0.5, 0.6) is 5.75 Å². The number of aromatic hydroxyl groups is 1. The monoisotopic (exact) mass is 334 g/mol. The van der Waals surface area contributed by atoms with Crippen LogP contribution >= 0.6 is 0 Å². The molecule has 0 bridgehead atoms. The Balaban J connectivity index is 1.40. The number of nitrogens with one attached hydrogen (secondary N) is 1. The Bertz CT molecular complexity index is 902. The fraction of sp³-hybridized carbons (Fsp3) is 0.333. The van der Waals surface area contributed by atoms with Crippen molar-refractivity contribution in [1.82, 2.24) is 25.4 Å². The summed E-state index contributed by atoms with van der Waals surface area (Å²) in [6.45, 7) is 2.05. The fourth-order valence-electron chi connectivity index (χ4n) is 3.56. The van der Waals surface area contributed by atoms with E-state index in [4.69, 9.17) is 0 Å². The number of aromatic amines is 1. The smallest absolute Gasteiger partial charge is 0.245 e. The maximum Gasteiger partial charge on any atom is 0.245 e. The molecule has 2 aromatic heterocycles. The zero-order valence-electron chi connectivity index (χ0n) is 13.7. The Morgan fingerprint density at radius 3 is 2.64 bits per heavy atom. The number of benzene rings is 1. The second-order valence-electron chi connectivity index (χ2n) is 7.03. The molecule has 7 heteroatoms. The lowest BCUT2D eigenvalue weighted by Crippen LogP contribution is -2.22. The third-order valence-corrected chi connectivity index (χ3v) is 5.33. The highest BCUT2D eigenvalue weighted by Gasteiger charge is 2.48. The number of anilines is 1. The summed E-state index contributed by atoms with van der Waals surface area (Å²) in [5, 5.41) is 25.6. The van der Waals surface area contributed by atoms with Crippen molar-refractivity contribution in [3.63, 3.8) is 0 Å². The second kappa shape index (κ2) is 5.27. The first kappa shape index (κ1) is 14.4. The molecule has 25 heavy (non-hydrogen) atoms. The van der Waals surface area contributed by atoms with Gasteiger partial charge in [0, 0.05) is 30.4 Å². The third-order valence-electron chi connectivity index (χ3n) is 5.33. The molecule has 2 aliphatic rings. The van der Waals surface area contributed by atoms with Gasteiger partial charge in [0.25, 0.3) is 0 Å². The molecule has 1 aromatic carbocycles.